The minimum absolute atomic E-state index is 0.0410. The summed E-state index contributed by atoms with van der Waals surface area (Å²) in [6.45, 7) is 5.48. The predicted molar refractivity (Wildman–Crippen MR) is 116 cm³/mol. The van der Waals surface area contributed by atoms with Crippen LogP contribution in [0.3, 0.4) is 0 Å². The minimum atomic E-state index is -0.448. The highest BCUT2D eigenvalue weighted by Crippen LogP contribution is 2.31. The second kappa shape index (κ2) is 9.40. The van der Waals surface area contributed by atoms with Gasteiger partial charge in [-0.25, -0.2) is 4.98 Å². The van der Waals surface area contributed by atoms with E-state index in [2.05, 4.69) is 10.3 Å². The number of carbonyl (C=O) groups excluding carboxylic acids is 2. The molecule has 1 aliphatic rings. The molecule has 1 fully saturated rings. The second-order valence-corrected chi connectivity index (χ2v) is 8.52. The number of nitrogens with zero attached hydrogens (tertiary/aromatic N) is 4. The first kappa shape index (κ1) is 22.0. The topological polar surface area (TPSA) is 109 Å². The third-order valence-corrected chi connectivity index (χ3v) is 5.79. The Morgan fingerprint density at radius 2 is 2.00 bits per heavy atom. The van der Waals surface area contributed by atoms with Gasteiger partial charge in [0.05, 0.1) is 17.0 Å². The molecular formula is C19H22ClN5O4S. The van der Waals surface area contributed by atoms with Gasteiger partial charge >= 0.3 is 0 Å². The molecule has 2 amide bonds. The van der Waals surface area contributed by atoms with Crippen LogP contribution in [0.4, 0.5) is 16.5 Å². The second-order valence-electron chi connectivity index (χ2n) is 7.22. The average molecular weight is 452 g/mol. The number of benzene rings is 1. The van der Waals surface area contributed by atoms with Crippen LogP contribution < -0.4 is 10.2 Å². The van der Waals surface area contributed by atoms with Gasteiger partial charge in [0.1, 0.15) is 5.69 Å². The molecule has 30 heavy (non-hydrogen) atoms. The Kier molecular flexibility index (Phi) is 6.88. The molecule has 0 saturated carbocycles. The number of hydrogen-bond acceptors (Lipinski definition) is 7. The molecule has 160 valence electrons. The standard InChI is InChI=1S/C19H22ClN5O4S/c1-12(2)18(27)22-19-21-14(11-30-19)10-17(26)24-7-5-23(6-8-24)15-4-3-13(20)9-16(15)25(28)29/h3-4,9,11-12H,5-8,10H2,1-2H3,(H,21,22,27). The lowest BCUT2D eigenvalue weighted by molar-refractivity contribution is -0.384. The van der Waals surface area contributed by atoms with Gasteiger partial charge in [-0.1, -0.05) is 25.4 Å². The van der Waals surface area contributed by atoms with E-state index < -0.39 is 4.92 Å². The zero-order valence-electron chi connectivity index (χ0n) is 16.6. The highest BCUT2D eigenvalue weighted by atomic mass is 35.5. The quantitative estimate of drug-likeness (QED) is 0.533. The van der Waals surface area contributed by atoms with Gasteiger partial charge in [-0.15, -0.1) is 11.3 Å². The maximum atomic E-state index is 12.6. The van der Waals surface area contributed by atoms with Crippen LogP contribution in [-0.4, -0.2) is 52.8 Å². The summed E-state index contributed by atoms with van der Waals surface area (Å²) >= 11 is 7.17. The summed E-state index contributed by atoms with van der Waals surface area (Å²) in [4.78, 5) is 43.2. The van der Waals surface area contributed by atoms with Crippen LogP contribution >= 0.6 is 22.9 Å². The lowest BCUT2D eigenvalue weighted by Crippen LogP contribution is -2.49. The van der Waals surface area contributed by atoms with Gasteiger partial charge in [-0.3, -0.25) is 19.7 Å². The van der Waals surface area contributed by atoms with Crippen molar-refractivity contribution < 1.29 is 14.5 Å². The van der Waals surface area contributed by atoms with Crippen LogP contribution in [0.1, 0.15) is 19.5 Å². The van der Waals surface area contributed by atoms with Gasteiger partial charge in [-0.2, -0.15) is 0 Å². The molecule has 2 heterocycles. The van der Waals surface area contributed by atoms with E-state index in [0.29, 0.717) is 47.7 Å². The summed E-state index contributed by atoms with van der Waals surface area (Å²) in [5.74, 6) is -0.325. The van der Waals surface area contributed by atoms with E-state index >= 15 is 0 Å². The van der Waals surface area contributed by atoms with Crippen LogP contribution in [0.25, 0.3) is 0 Å². The number of aromatic nitrogens is 1. The maximum Gasteiger partial charge on any atom is 0.294 e. The molecule has 1 aromatic heterocycles. The van der Waals surface area contributed by atoms with Crippen molar-refractivity contribution in [3.05, 3.63) is 44.4 Å². The summed E-state index contributed by atoms with van der Waals surface area (Å²) in [6.07, 6.45) is 0.148. The number of halogens is 1. The molecule has 0 aliphatic carbocycles. The number of amides is 2. The number of thiazole rings is 1. The molecule has 0 radical (unpaired) electrons. The van der Waals surface area contributed by atoms with Crippen molar-refractivity contribution in [3.8, 4) is 0 Å². The van der Waals surface area contributed by atoms with E-state index in [0.717, 1.165) is 0 Å². The fraction of sp³-hybridized carbons (Fsp3) is 0.421. The van der Waals surface area contributed by atoms with Gasteiger partial charge in [0.2, 0.25) is 11.8 Å². The first-order valence-electron chi connectivity index (χ1n) is 9.46. The van der Waals surface area contributed by atoms with Gasteiger partial charge in [-0.05, 0) is 12.1 Å². The van der Waals surface area contributed by atoms with E-state index in [1.54, 1.807) is 36.3 Å². The third kappa shape index (κ3) is 5.25. The van der Waals surface area contributed by atoms with Crippen molar-refractivity contribution in [2.75, 3.05) is 36.4 Å². The van der Waals surface area contributed by atoms with Crippen LogP contribution in [0.5, 0.6) is 0 Å². The summed E-state index contributed by atoms with van der Waals surface area (Å²) in [7, 11) is 0. The molecule has 1 aliphatic heterocycles. The Morgan fingerprint density at radius 1 is 1.30 bits per heavy atom. The van der Waals surface area contributed by atoms with E-state index in [4.69, 9.17) is 11.6 Å². The van der Waals surface area contributed by atoms with Gasteiger partial charge in [0.15, 0.2) is 5.13 Å². The molecule has 11 heteroatoms. The fourth-order valence-electron chi connectivity index (χ4n) is 3.07. The maximum absolute atomic E-state index is 12.6. The van der Waals surface area contributed by atoms with Crippen LogP contribution in [0, 0.1) is 16.0 Å². The molecular weight excluding hydrogens is 430 g/mol. The first-order valence-corrected chi connectivity index (χ1v) is 10.7. The minimum Gasteiger partial charge on any atom is -0.362 e. The molecule has 1 saturated heterocycles. The predicted octanol–water partition coefficient (Wildman–Crippen LogP) is 3.19. The molecule has 0 spiro atoms. The van der Waals surface area contributed by atoms with E-state index in [1.807, 2.05) is 4.90 Å². The Bertz CT molecular complexity index is 956. The molecule has 1 aromatic carbocycles. The third-order valence-electron chi connectivity index (χ3n) is 4.75. The smallest absolute Gasteiger partial charge is 0.294 e. The largest absolute Gasteiger partial charge is 0.362 e. The lowest BCUT2D eigenvalue weighted by atomic mass is 10.2. The molecule has 3 rings (SSSR count). The summed E-state index contributed by atoms with van der Waals surface area (Å²) < 4.78 is 0. The molecule has 2 aromatic rings. The highest BCUT2D eigenvalue weighted by molar-refractivity contribution is 7.13. The first-order chi connectivity index (χ1) is 14.2. The van der Waals surface area contributed by atoms with Crippen LogP contribution in [-0.2, 0) is 16.0 Å². The zero-order chi connectivity index (χ0) is 21.8. The van der Waals surface area contributed by atoms with Crippen molar-refractivity contribution in [1.29, 1.82) is 0 Å². The molecule has 0 bridgehead atoms. The molecule has 0 unspecified atom stereocenters. The van der Waals surface area contributed by atoms with Crippen molar-refractivity contribution in [3.63, 3.8) is 0 Å². The average Bonchev–Trinajstić information content (AvgIpc) is 3.14. The summed E-state index contributed by atoms with van der Waals surface area (Å²) in [5.41, 5.74) is 1.07. The number of rotatable bonds is 6. The fourth-order valence-corrected chi connectivity index (χ4v) is 3.95. The van der Waals surface area contributed by atoms with Crippen molar-refractivity contribution in [2.24, 2.45) is 5.92 Å². The molecule has 9 nitrogen and oxygen atoms in total. The number of nitrogens with one attached hydrogen (secondary N) is 1. The van der Waals surface area contributed by atoms with Gasteiger partial charge < -0.3 is 15.1 Å². The number of nitro groups is 1. The SMILES string of the molecule is CC(C)C(=O)Nc1nc(CC(=O)N2CCN(c3ccc(Cl)cc3[N+](=O)[O-])CC2)cs1. The van der Waals surface area contributed by atoms with Crippen LogP contribution in [0.15, 0.2) is 23.6 Å². The number of hydrogen-bond donors (Lipinski definition) is 1. The number of carbonyl (C=O) groups is 2. The highest BCUT2D eigenvalue weighted by Gasteiger charge is 2.26. The Hall–Kier alpha value is -2.72. The van der Waals surface area contributed by atoms with Gasteiger partial charge in [0.25, 0.3) is 5.69 Å². The van der Waals surface area contributed by atoms with Crippen LogP contribution in [0.2, 0.25) is 5.02 Å². The molecule has 1 N–H and O–H groups in total. The number of piperazine rings is 1. The van der Waals surface area contributed by atoms with E-state index in [9.17, 15) is 19.7 Å². The normalized spacial score (nSPS) is 14.1. The van der Waals surface area contributed by atoms with Crippen molar-refractivity contribution in [2.45, 2.75) is 20.3 Å². The zero-order valence-corrected chi connectivity index (χ0v) is 18.2. The summed E-state index contributed by atoms with van der Waals surface area (Å²) in [5, 5.41) is 16.6. The van der Waals surface area contributed by atoms with Gasteiger partial charge in [0, 0.05) is 48.6 Å². The number of anilines is 2. The lowest BCUT2D eigenvalue weighted by Gasteiger charge is -2.35. The Balaban J connectivity index is 1.57. The van der Waals surface area contributed by atoms with Crippen molar-refractivity contribution in [1.82, 2.24) is 9.88 Å². The Labute approximate surface area is 182 Å². The van der Waals surface area contributed by atoms with E-state index in [1.165, 1.54) is 17.4 Å². The Morgan fingerprint density at radius 3 is 2.63 bits per heavy atom. The van der Waals surface area contributed by atoms with E-state index in [-0.39, 0.29) is 29.8 Å². The molecule has 0 atom stereocenters. The van der Waals surface area contributed by atoms with Crippen molar-refractivity contribution >= 4 is 51.3 Å². The number of nitro benzene ring substituents is 1. The summed E-state index contributed by atoms with van der Waals surface area (Å²) in [6, 6.07) is 4.60. The monoisotopic (exact) mass is 451 g/mol.